The van der Waals surface area contributed by atoms with Gasteiger partial charge < -0.3 is 14.0 Å². The van der Waals surface area contributed by atoms with Crippen LogP contribution in [0.25, 0.3) is 11.3 Å². The van der Waals surface area contributed by atoms with Gasteiger partial charge in [0.15, 0.2) is 0 Å². The van der Waals surface area contributed by atoms with E-state index in [2.05, 4.69) is 10.1 Å². The van der Waals surface area contributed by atoms with Gasteiger partial charge in [-0.3, -0.25) is 4.79 Å². The van der Waals surface area contributed by atoms with Gasteiger partial charge in [-0.2, -0.15) is 0 Å². The van der Waals surface area contributed by atoms with Crippen molar-refractivity contribution in [3.8, 4) is 11.3 Å². The number of halogens is 1. The molecule has 4 rings (SSSR count). The number of carbonyl (C=O) groups is 1. The number of fused-ring (bicyclic) bond motifs is 1. The van der Waals surface area contributed by atoms with Crippen LogP contribution in [0.3, 0.4) is 0 Å². The van der Waals surface area contributed by atoms with E-state index in [0.717, 1.165) is 11.3 Å². The molecule has 1 aromatic carbocycles. The monoisotopic (exact) mass is 340 g/mol. The van der Waals surface area contributed by atoms with E-state index in [4.69, 9.17) is 4.52 Å². The molecule has 7 heteroatoms. The molecule has 1 atom stereocenters. The van der Waals surface area contributed by atoms with Crippen LogP contribution in [0, 0.1) is 5.82 Å². The Hall–Kier alpha value is -2.96. The van der Waals surface area contributed by atoms with Crippen molar-refractivity contribution < 1.29 is 13.7 Å². The second-order valence-corrected chi connectivity index (χ2v) is 6.14. The van der Waals surface area contributed by atoms with Crippen molar-refractivity contribution in [3.05, 3.63) is 60.1 Å². The molecule has 2 aromatic heterocycles. The molecule has 25 heavy (non-hydrogen) atoms. The summed E-state index contributed by atoms with van der Waals surface area (Å²) in [4.78, 5) is 18.6. The molecule has 3 heterocycles. The van der Waals surface area contributed by atoms with Gasteiger partial charge in [-0.1, -0.05) is 17.3 Å². The first-order valence-corrected chi connectivity index (χ1v) is 8.13. The predicted octanol–water partition coefficient (Wildman–Crippen LogP) is 2.82. The van der Waals surface area contributed by atoms with Gasteiger partial charge >= 0.3 is 0 Å². The number of benzene rings is 1. The molecular formula is C18H17FN4O2. The van der Waals surface area contributed by atoms with Crippen molar-refractivity contribution in [2.75, 3.05) is 6.54 Å². The zero-order chi connectivity index (χ0) is 17.4. The lowest BCUT2D eigenvalue weighted by molar-refractivity contribution is -0.135. The van der Waals surface area contributed by atoms with Gasteiger partial charge in [0, 0.05) is 36.5 Å². The largest absolute Gasteiger partial charge is 0.360 e. The highest BCUT2D eigenvalue weighted by molar-refractivity contribution is 5.80. The average molecular weight is 340 g/mol. The first-order chi connectivity index (χ1) is 12.1. The molecule has 0 saturated carbocycles. The van der Waals surface area contributed by atoms with Crippen molar-refractivity contribution >= 4 is 5.91 Å². The van der Waals surface area contributed by atoms with E-state index in [-0.39, 0.29) is 17.8 Å². The number of aromatic nitrogens is 3. The summed E-state index contributed by atoms with van der Waals surface area (Å²) >= 11 is 0. The van der Waals surface area contributed by atoms with Crippen molar-refractivity contribution in [2.24, 2.45) is 0 Å². The summed E-state index contributed by atoms with van der Waals surface area (Å²) in [5.41, 5.74) is 2.10. The van der Waals surface area contributed by atoms with E-state index in [0.29, 0.717) is 30.8 Å². The summed E-state index contributed by atoms with van der Waals surface area (Å²) in [6.45, 7) is 2.83. The Morgan fingerprint density at radius 1 is 1.40 bits per heavy atom. The zero-order valence-corrected chi connectivity index (χ0v) is 13.7. The second-order valence-electron chi connectivity index (χ2n) is 6.14. The number of imidazole rings is 1. The highest BCUT2D eigenvalue weighted by Gasteiger charge is 2.30. The molecule has 1 amide bonds. The van der Waals surface area contributed by atoms with E-state index < -0.39 is 0 Å². The smallest absolute Gasteiger partial charge is 0.245 e. The maximum atomic E-state index is 13.5. The Bertz CT molecular complexity index is 904. The fourth-order valence-corrected chi connectivity index (χ4v) is 3.15. The van der Waals surface area contributed by atoms with E-state index >= 15 is 0 Å². The van der Waals surface area contributed by atoms with Crippen LogP contribution in [-0.2, 0) is 17.8 Å². The van der Waals surface area contributed by atoms with Gasteiger partial charge in [-0.25, -0.2) is 9.37 Å². The molecule has 6 nitrogen and oxygen atoms in total. The van der Waals surface area contributed by atoms with Crippen molar-refractivity contribution in [1.82, 2.24) is 19.6 Å². The quantitative estimate of drug-likeness (QED) is 0.735. The number of hydrogen-bond acceptors (Lipinski definition) is 4. The van der Waals surface area contributed by atoms with Crippen LogP contribution in [-0.4, -0.2) is 32.1 Å². The van der Waals surface area contributed by atoms with Crippen LogP contribution < -0.4 is 0 Å². The maximum absolute atomic E-state index is 13.5. The Morgan fingerprint density at radius 2 is 2.28 bits per heavy atom. The van der Waals surface area contributed by atoms with Crippen LogP contribution >= 0.6 is 0 Å². The summed E-state index contributed by atoms with van der Waals surface area (Å²) in [6, 6.07) is 5.90. The van der Waals surface area contributed by atoms with Crippen LogP contribution in [0.1, 0.15) is 24.3 Å². The average Bonchev–Trinajstić information content (AvgIpc) is 3.29. The lowest BCUT2D eigenvalue weighted by Gasteiger charge is -2.29. The molecule has 3 aromatic rings. The first kappa shape index (κ1) is 15.6. The Kier molecular flexibility index (Phi) is 3.83. The first-order valence-electron chi connectivity index (χ1n) is 8.13. The summed E-state index contributed by atoms with van der Waals surface area (Å²) in [7, 11) is 0. The number of rotatable bonds is 3. The molecule has 1 aliphatic heterocycles. The zero-order valence-electron chi connectivity index (χ0n) is 13.7. The maximum Gasteiger partial charge on any atom is 0.245 e. The topological polar surface area (TPSA) is 64.2 Å². The number of nitrogens with zero attached hydrogens (tertiary/aromatic N) is 4. The molecule has 0 spiro atoms. The molecule has 0 aliphatic carbocycles. The molecular weight excluding hydrogens is 323 g/mol. The molecule has 0 radical (unpaired) electrons. The minimum absolute atomic E-state index is 0.00930. The SMILES string of the molecule is C[C@H](C(=O)N1CCc2onc(-c3cccc(F)c3)c2C1)n1ccnc1. The molecule has 0 N–H and O–H groups in total. The molecule has 0 saturated heterocycles. The third-order valence-corrected chi connectivity index (χ3v) is 4.57. The van der Waals surface area contributed by atoms with Crippen LogP contribution in [0.2, 0.25) is 0 Å². The second kappa shape index (κ2) is 6.16. The minimum Gasteiger partial charge on any atom is -0.360 e. The fraction of sp³-hybridized carbons (Fsp3) is 0.278. The van der Waals surface area contributed by atoms with Gasteiger partial charge in [0.05, 0.1) is 12.9 Å². The highest BCUT2D eigenvalue weighted by Crippen LogP contribution is 2.31. The summed E-state index contributed by atoms with van der Waals surface area (Å²) in [6.07, 6.45) is 5.66. The summed E-state index contributed by atoms with van der Waals surface area (Å²) in [5, 5.41) is 4.10. The van der Waals surface area contributed by atoms with Crippen molar-refractivity contribution in [2.45, 2.75) is 25.9 Å². The third-order valence-electron chi connectivity index (χ3n) is 4.57. The Morgan fingerprint density at radius 3 is 3.04 bits per heavy atom. The molecule has 0 bridgehead atoms. The van der Waals surface area contributed by atoms with Crippen molar-refractivity contribution in [1.29, 1.82) is 0 Å². The van der Waals surface area contributed by atoms with E-state index in [1.165, 1.54) is 12.1 Å². The van der Waals surface area contributed by atoms with Gasteiger partial charge in [0.1, 0.15) is 23.3 Å². The number of amides is 1. The van der Waals surface area contributed by atoms with Gasteiger partial charge in [0.25, 0.3) is 0 Å². The molecule has 0 fully saturated rings. The van der Waals surface area contributed by atoms with E-state index in [9.17, 15) is 9.18 Å². The predicted molar refractivity (Wildman–Crippen MR) is 88.0 cm³/mol. The van der Waals surface area contributed by atoms with Crippen LogP contribution in [0.15, 0.2) is 47.5 Å². The third kappa shape index (κ3) is 2.82. The Labute approximate surface area is 143 Å². The summed E-state index contributed by atoms with van der Waals surface area (Å²) < 4.78 is 20.7. The number of carbonyl (C=O) groups excluding carboxylic acids is 1. The summed E-state index contributed by atoms with van der Waals surface area (Å²) in [5.74, 6) is 0.445. The molecule has 0 unspecified atom stereocenters. The lowest BCUT2D eigenvalue weighted by Crippen LogP contribution is -2.39. The van der Waals surface area contributed by atoms with Crippen molar-refractivity contribution in [3.63, 3.8) is 0 Å². The standard InChI is InChI=1S/C18H17FN4O2/c1-12(23-8-6-20-11-23)18(24)22-7-5-16-15(10-22)17(21-25-16)13-3-2-4-14(19)9-13/h2-4,6,8-9,11-12H,5,7,10H2,1H3/t12-/m1/s1. The van der Waals surface area contributed by atoms with Crippen LogP contribution in [0.4, 0.5) is 4.39 Å². The van der Waals surface area contributed by atoms with Gasteiger partial charge in [-0.05, 0) is 19.1 Å². The molecule has 1 aliphatic rings. The number of hydrogen-bond donors (Lipinski definition) is 0. The molecule has 128 valence electrons. The lowest BCUT2D eigenvalue weighted by atomic mass is 10.0. The van der Waals surface area contributed by atoms with Gasteiger partial charge in [-0.15, -0.1) is 0 Å². The van der Waals surface area contributed by atoms with E-state index in [1.807, 2.05) is 6.92 Å². The normalized spacial score (nSPS) is 15.0. The minimum atomic E-state index is -0.332. The van der Waals surface area contributed by atoms with Gasteiger partial charge in [0.2, 0.25) is 5.91 Å². The van der Waals surface area contributed by atoms with E-state index in [1.54, 1.807) is 40.3 Å². The highest BCUT2D eigenvalue weighted by atomic mass is 19.1. The Balaban J connectivity index is 1.61. The fourth-order valence-electron chi connectivity index (χ4n) is 3.15. The van der Waals surface area contributed by atoms with Crippen LogP contribution in [0.5, 0.6) is 0 Å².